The van der Waals surface area contributed by atoms with Gasteiger partial charge in [-0.3, -0.25) is 0 Å². The first-order chi connectivity index (χ1) is 12.4. The fraction of sp³-hybridized carbons (Fsp3) is 0.0435. The maximum atomic E-state index is 6.26. The molecule has 0 aliphatic rings. The maximum absolute atomic E-state index is 6.26. The summed E-state index contributed by atoms with van der Waals surface area (Å²) in [4.78, 5) is 3.39. The summed E-state index contributed by atoms with van der Waals surface area (Å²) >= 11 is 0. The molecular formula is C23H17NO. The number of benzene rings is 3. The lowest BCUT2D eigenvalue weighted by molar-refractivity contribution is 0.564. The largest absolute Gasteiger partial charge is 0.460 e. The average molecular weight is 323 g/mol. The molecule has 0 spiro atoms. The van der Waals surface area contributed by atoms with Gasteiger partial charge < -0.3 is 9.40 Å². The lowest BCUT2D eigenvalue weighted by Gasteiger charge is -2.03. The average Bonchev–Trinajstić information content (AvgIpc) is 3.23. The van der Waals surface area contributed by atoms with Crippen molar-refractivity contribution < 1.29 is 4.42 Å². The van der Waals surface area contributed by atoms with E-state index in [0.29, 0.717) is 0 Å². The lowest BCUT2D eigenvalue weighted by atomic mass is 9.98. The SMILES string of the molecule is c1ccc(Cc2oc3ccccc3c2-c2c[nH]c3ccccc23)cc1. The smallest absolute Gasteiger partial charge is 0.134 e. The molecule has 0 aliphatic heterocycles. The minimum atomic E-state index is 0.782. The second-order valence-electron chi connectivity index (χ2n) is 6.31. The number of aromatic amines is 1. The summed E-state index contributed by atoms with van der Waals surface area (Å²) in [6.45, 7) is 0. The van der Waals surface area contributed by atoms with Gasteiger partial charge in [0.1, 0.15) is 11.3 Å². The summed E-state index contributed by atoms with van der Waals surface area (Å²) in [5, 5.41) is 2.39. The summed E-state index contributed by atoms with van der Waals surface area (Å²) in [7, 11) is 0. The molecule has 0 aliphatic carbocycles. The summed E-state index contributed by atoms with van der Waals surface area (Å²) in [6, 6.07) is 27.2. The van der Waals surface area contributed by atoms with Gasteiger partial charge in [0.25, 0.3) is 0 Å². The van der Waals surface area contributed by atoms with Crippen molar-refractivity contribution in [2.24, 2.45) is 0 Å². The van der Waals surface area contributed by atoms with Gasteiger partial charge in [-0.25, -0.2) is 0 Å². The Morgan fingerprint density at radius 3 is 2.32 bits per heavy atom. The van der Waals surface area contributed by atoms with Crippen LogP contribution < -0.4 is 0 Å². The minimum absolute atomic E-state index is 0.782. The number of hydrogen-bond donors (Lipinski definition) is 1. The predicted molar refractivity (Wildman–Crippen MR) is 103 cm³/mol. The Morgan fingerprint density at radius 1 is 0.720 bits per heavy atom. The van der Waals surface area contributed by atoms with Crippen LogP contribution in [0.3, 0.4) is 0 Å². The molecule has 2 heterocycles. The Kier molecular flexibility index (Phi) is 3.20. The van der Waals surface area contributed by atoms with E-state index in [-0.39, 0.29) is 0 Å². The topological polar surface area (TPSA) is 28.9 Å². The van der Waals surface area contributed by atoms with Gasteiger partial charge in [-0.1, -0.05) is 66.7 Å². The molecule has 0 fully saturated rings. The molecule has 0 bridgehead atoms. The molecule has 2 nitrogen and oxygen atoms in total. The Balaban J connectivity index is 1.77. The van der Waals surface area contributed by atoms with Crippen LogP contribution in [0.25, 0.3) is 33.0 Å². The van der Waals surface area contributed by atoms with E-state index in [4.69, 9.17) is 4.42 Å². The van der Waals surface area contributed by atoms with Crippen molar-refractivity contribution in [3.63, 3.8) is 0 Å². The normalized spacial score (nSPS) is 11.4. The van der Waals surface area contributed by atoms with E-state index in [9.17, 15) is 0 Å². The summed E-state index contributed by atoms with van der Waals surface area (Å²) in [5.74, 6) is 1.01. The van der Waals surface area contributed by atoms with Gasteiger partial charge in [0.15, 0.2) is 0 Å². The predicted octanol–water partition coefficient (Wildman–Crippen LogP) is 6.17. The molecule has 0 saturated heterocycles. The highest BCUT2D eigenvalue weighted by atomic mass is 16.3. The van der Waals surface area contributed by atoms with Crippen LogP contribution in [0.1, 0.15) is 11.3 Å². The second kappa shape index (κ2) is 5.67. The number of rotatable bonds is 3. The molecule has 0 amide bonds. The number of nitrogens with one attached hydrogen (secondary N) is 1. The molecular weight excluding hydrogens is 306 g/mol. The minimum Gasteiger partial charge on any atom is -0.460 e. The third-order valence-electron chi connectivity index (χ3n) is 4.73. The zero-order chi connectivity index (χ0) is 16.6. The Bertz CT molecular complexity index is 1160. The maximum Gasteiger partial charge on any atom is 0.134 e. The first kappa shape index (κ1) is 14.1. The van der Waals surface area contributed by atoms with E-state index in [2.05, 4.69) is 71.8 Å². The summed E-state index contributed by atoms with van der Waals surface area (Å²) in [6.07, 6.45) is 2.88. The van der Waals surface area contributed by atoms with Gasteiger partial charge in [-0.05, 0) is 17.7 Å². The van der Waals surface area contributed by atoms with Crippen LogP contribution in [-0.4, -0.2) is 4.98 Å². The first-order valence-electron chi connectivity index (χ1n) is 8.51. The van der Waals surface area contributed by atoms with Crippen LogP contribution in [0.15, 0.2) is 89.5 Å². The summed E-state index contributed by atoms with van der Waals surface area (Å²) < 4.78 is 6.26. The van der Waals surface area contributed by atoms with Gasteiger partial charge >= 0.3 is 0 Å². The van der Waals surface area contributed by atoms with Crippen molar-refractivity contribution in [3.8, 4) is 11.1 Å². The standard InChI is InChI=1S/C23H17NO/c1-2-8-16(9-3-1)14-22-23(18-11-5-7-13-21(18)25-22)19-15-24-20-12-6-4-10-17(19)20/h1-13,15,24H,14H2. The molecule has 120 valence electrons. The van der Waals surface area contributed by atoms with E-state index >= 15 is 0 Å². The molecule has 2 aromatic heterocycles. The molecule has 3 aromatic carbocycles. The number of fused-ring (bicyclic) bond motifs is 2. The van der Waals surface area contributed by atoms with Crippen LogP contribution in [0, 0.1) is 0 Å². The van der Waals surface area contributed by atoms with Gasteiger partial charge in [0, 0.05) is 40.0 Å². The van der Waals surface area contributed by atoms with Crippen LogP contribution >= 0.6 is 0 Å². The molecule has 0 saturated carbocycles. The van der Waals surface area contributed by atoms with Crippen LogP contribution in [0.2, 0.25) is 0 Å². The molecule has 1 N–H and O–H groups in total. The fourth-order valence-corrected chi connectivity index (χ4v) is 3.58. The highest BCUT2D eigenvalue weighted by molar-refractivity contribution is 6.05. The van der Waals surface area contributed by atoms with Crippen molar-refractivity contribution in [1.82, 2.24) is 4.98 Å². The molecule has 5 aromatic rings. The van der Waals surface area contributed by atoms with Crippen molar-refractivity contribution in [2.45, 2.75) is 6.42 Å². The molecule has 2 heteroatoms. The van der Waals surface area contributed by atoms with E-state index in [0.717, 1.165) is 28.7 Å². The highest BCUT2D eigenvalue weighted by Crippen LogP contribution is 2.39. The third kappa shape index (κ3) is 2.34. The van der Waals surface area contributed by atoms with Gasteiger partial charge in [-0.15, -0.1) is 0 Å². The lowest BCUT2D eigenvalue weighted by Crippen LogP contribution is -1.88. The zero-order valence-electron chi connectivity index (χ0n) is 13.7. The van der Waals surface area contributed by atoms with E-state index in [1.54, 1.807) is 0 Å². The Morgan fingerprint density at radius 2 is 1.44 bits per heavy atom. The summed E-state index contributed by atoms with van der Waals surface area (Å²) in [5.41, 5.74) is 5.73. The second-order valence-corrected chi connectivity index (χ2v) is 6.31. The Labute approximate surface area is 145 Å². The fourth-order valence-electron chi connectivity index (χ4n) is 3.58. The number of H-pyrrole nitrogens is 1. The molecule has 25 heavy (non-hydrogen) atoms. The van der Waals surface area contributed by atoms with Crippen molar-refractivity contribution in [1.29, 1.82) is 0 Å². The van der Waals surface area contributed by atoms with Gasteiger partial charge in [0.05, 0.1) is 0 Å². The number of hydrogen-bond acceptors (Lipinski definition) is 1. The van der Waals surface area contributed by atoms with E-state index < -0.39 is 0 Å². The van der Waals surface area contributed by atoms with Crippen LogP contribution in [0.5, 0.6) is 0 Å². The van der Waals surface area contributed by atoms with Crippen LogP contribution in [-0.2, 0) is 6.42 Å². The zero-order valence-corrected chi connectivity index (χ0v) is 13.7. The van der Waals surface area contributed by atoms with Gasteiger partial charge in [0.2, 0.25) is 0 Å². The van der Waals surface area contributed by atoms with E-state index in [1.807, 2.05) is 18.2 Å². The molecule has 0 unspecified atom stereocenters. The van der Waals surface area contributed by atoms with Crippen molar-refractivity contribution in [2.75, 3.05) is 0 Å². The quantitative estimate of drug-likeness (QED) is 0.422. The Hall–Kier alpha value is -3.26. The van der Waals surface area contributed by atoms with Crippen LogP contribution in [0.4, 0.5) is 0 Å². The highest BCUT2D eigenvalue weighted by Gasteiger charge is 2.18. The number of para-hydroxylation sites is 2. The number of furan rings is 1. The van der Waals surface area contributed by atoms with Gasteiger partial charge in [-0.2, -0.15) is 0 Å². The van der Waals surface area contributed by atoms with Crippen molar-refractivity contribution >= 4 is 21.9 Å². The molecule has 0 atom stereocenters. The monoisotopic (exact) mass is 323 g/mol. The van der Waals surface area contributed by atoms with Crippen molar-refractivity contribution in [3.05, 3.63) is 96.4 Å². The molecule has 0 radical (unpaired) electrons. The third-order valence-corrected chi connectivity index (χ3v) is 4.73. The van der Waals surface area contributed by atoms with E-state index in [1.165, 1.54) is 22.1 Å². The number of aromatic nitrogens is 1. The first-order valence-corrected chi connectivity index (χ1v) is 8.51. The molecule has 5 rings (SSSR count).